The van der Waals surface area contributed by atoms with Crippen LogP contribution in [0, 0.1) is 13.8 Å². The van der Waals surface area contributed by atoms with Crippen LogP contribution in [0.15, 0.2) is 41.3 Å². The SMILES string of the molecule is Cc1sc(-c2ccnc(C(C)(C)O)n2)cc1-n1c(C)cccc1=O. The highest BCUT2D eigenvalue weighted by molar-refractivity contribution is 7.15. The van der Waals surface area contributed by atoms with Crippen molar-refractivity contribution in [2.75, 3.05) is 0 Å². The van der Waals surface area contributed by atoms with E-state index >= 15 is 0 Å². The first kappa shape index (κ1) is 16.5. The van der Waals surface area contributed by atoms with Crippen LogP contribution in [-0.4, -0.2) is 19.6 Å². The van der Waals surface area contributed by atoms with Crippen LogP contribution in [-0.2, 0) is 5.60 Å². The molecule has 0 unspecified atom stereocenters. The van der Waals surface area contributed by atoms with Gasteiger partial charge in [-0.25, -0.2) is 9.97 Å². The monoisotopic (exact) mass is 341 g/mol. The Morgan fingerprint density at radius 2 is 1.96 bits per heavy atom. The molecule has 3 heterocycles. The predicted octanol–water partition coefficient (Wildman–Crippen LogP) is 3.20. The van der Waals surface area contributed by atoms with E-state index < -0.39 is 5.60 Å². The molecule has 3 aromatic rings. The first-order valence-electron chi connectivity index (χ1n) is 7.63. The van der Waals surface area contributed by atoms with Gasteiger partial charge in [0.05, 0.1) is 16.3 Å². The molecular formula is C18H19N3O2S. The minimum absolute atomic E-state index is 0.0534. The van der Waals surface area contributed by atoms with E-state index in [1.165, 1.54) is 0 Å². The highest BCUT2D eigenvalue weighted by atomic mass is 32.1. The average Bonchev–Trinajstić information content (AvgIpc) is 2.88. The van der Waals surface area contributed by atoms with Gasteiger partial charge in [0.15, 0.2) is 5.82 Å². The molecule has 0 fully saturated rings. The average molecular weight is 341 g/mol. The summed E-state index contributed by atoms with van der Waals surface area (Å²) in [5.74, 6) is 0.376. The van der Waals surface area contributed by atoms with E-state index in [9.17, 15) is 9.90 Å². The van der Waals surface area contributed by atoms with Crippen molar-refractivity contribution in [2.24, 2.45) is 0 Å². The lowest BCUT2D eigenvalue weighted by Gasteiger charge is -2.15. The number of rotatable bonds is 3. The Labute approximate surface area is 144 Å². The molecule has 0 amide bonds. The van der Waals surface area contributed by atoms with Gasteiger partial charge in [0, 0.05) is 22.8 Å². The quantitative estimate of drug-likeness (QED) is 0.794. The molecule has 0 aromatic carbocycles. The van der Waals surface area contributed by atoms with E-state index in [2.05, 4.69) is 9.97 Å². The second-order valence-corrected chi connectivity index (χ2v) is 7.47. The van der Waals surface area contributed by atoms with Crippen molar-refractivity contribution in [1.29, 1.82) is 0 Å². The number of nitrogens with zero attached hydrogens (tertiary/aromatic N) is 3. The van der Waals surface area contributed by atoms with Gasteiger partial charge in [0.1, 0.15) is 5.60 Å². The lowest BCUT2D eigenvalue weighted by Crippen LogP contribution is -2.19. The first-order valence-corrected chi connectivity index (χ1v) is 8.45. The number of aromatic nitrogens is 3. The van der Waals surface area contributed by atoms with E-state index in [0.29, 0.717) is 5.82 Å². The van der Waals surface area contributed by atoms with Crippen LogP contribution in [0.4, 0.5) is 0 Å². The lowest BCUT2D eigenvalue weighted by atomic mass is 10.1. The van der Waals surface area contributed by atoms with Gasteiger partial charge < -0.3 is 5.11 Å². The highest BCUT2D eigenvalue weighted by Crippen LogP contribution is 2.32. The third kappa shape index (κ3) is 3.02. The summed E-state index contributed by atoms with van der Waals surface area (Å²) < 4.78 is 1.70. The summed E-state index contributed by atoms with van der Waals surface area (Å²) >= 11 is 1.57. The predicted molar refractivity (Wildman–Crippen MR) is 95.7 cm³/mol. The maximum Gasteiger partial charge on any atom is 0.255 e. The second kappa shape index (κ2) is 5.96. The van der Waals surface area contributed by atoms with Crippen molar-refractivity contribution >= 4 is 11.3 Å². The molecule has 0 aliphatic rings. The zero-order valence-electron chi connectivity index (χ0n) is 14.1. The Balaban J connectivity index is 2.12. The van der Waals surface area contributed by atoms with Crippen molar-refractivity contribution in [3.8, 4) is 16.3 Å². The van der Waals surface area contributed by atoms with E-state index in [1.807, 2.05) is 32.0 Å². The molecule has 5 nitrogen and oxygen atoms in total. The summed E-state index contributed by atoms with van der Waals surface area (Å²) in [6.07, 6.45) is 1.64. The van der Waals surface area contributed by atoms with Gasteiger partial charge in [-0.3, -0.25) is 9.36 Å². The van der Waals surface area contributed by atoms with E-state index in [0.717, 1.165) is 26.8 Å². The Morgan fingerprint density at radius 3 is 2.62 bits per heavy atom. The zero-order valence-corrected chi connectivity index (χ0v) is 14.9. The van der Waals surface area contributed by atoms with E-state index in [4.69, 9.17) is 0 Å². The summed E-state index contributed by atoms with van der Waals surface area (Å²) in [6.45, 7) is 7.21. The molecule has 0 saturated carbocycles. The summed E-state index contributed by atoms with van der Waals surface area (Å²) in [7, 11) is 0. The molecule has 6 heteroatoms. The summed E-state index contributed by atoms with van der Waals surface area (Å²) in [4.78, 5) is 22.8. The molecular weight excluding hydrogens is 322 g/mol. The minimum atomic E-state index is -1.10. The smallest absolute Gasteiger partial charge is 0.255 e. The van der Waals surface area contributed by atoms with Gasteiger partial charge in [0.2, 0.25) is 0 Å². The highest BCUT2D eigenvalue weighted by Gasteiger charge is 2.21. The zero-order chi connectivity index (χ0) is 17.5. The number of aryl methyl sites for hydroxylation is 2. The topological polar surface area (TPSA) is 68.0 Å². The largest absolute Gasteiger partial charge is 0.382 e. The van der Waals surface area contributed by atoms with Crippen LogP contribution >= 0.6 is 11.3 Å². The molecule has 24 heavy (non-hydrogen) atoms. The number of hydrogen-bond donors (Lipinski definition) is 1. The molecule has 0 bridgehead atoms. The molecule has 3 aromatic heterocycles. The normalized spacial score (nSPS) is 11.7. The van der Waals surface area contributed by atoms with Crippen LogP contribution in [0.2, 0.25) is 0 Å². The third-order valence-corrected chi connectivity index (χ3v) is 4.80. The summed E-state index contributed by atoms with van der Waals surface area (Å²) in [5.41, 5.74) is 1.33. The maximum atomic E-state index is 12.2. The number of hydrogen-bond acceptors (Lipinski definition) is 5. The molecule has 1 N–H and O–H groups in total. The molecule has 0 aliphatic heterocycles. The van der Waals surface area contributed by atoms with E-state index in [1.54, 1.807) is 48.1 Å². The van der Waals surface area contributed by atoms with Crippen LogP contribution in [0.3, 0.4) is 0 Å². The van der Waals surface area contributed by atoms with Crippen molar-refractivity contribution in [2.45, 2.75) is 33.3 Å². The Morgan fingerprint density at radius 1 is 1.21 bits per heavy atom. The van der Waals surface area contributed by atoms with Crippen LogP contribution in [0.25, 0.3) is 16.3 Å². The minimum Gasteiger partial charge on any atom is -0.382 e. The standard InChI is InChI=1S/C18H19N3O2S/c1-11-6-5-7-16(22)21(11)14-10-15(24-12(14)2)13-8-9-19-17(20-13)18(3,4)23/h5-10,23H,1-4H3. The molecule has 0 atom stereocenters. The van der Waals surface area contributed by atoms with Crippen molar-refractivity contribution < 1.29 is 5.11 Å². The molecule has 3 rings (SSSR count). The van der Waals surface area contributed by atoms with Gasteiger partial charge in [-0.15, -0.1) is 11.3 Å². The summed E-state index contributed by atoms with van der Waals surface area (Å²) in [5, 5.41) is 10.1. The number of aliphatic hydroxyl groups is 1. The fourth-order valence-electron chi connectivity index (χ4n) is 2.51. The number of thiophene rings is 1. The Hall–Kier alpha value is -2.31. The van der Waals surface area contributed by atoms with Gasteiger partial charge in [-0.2, -0.15) is 0 Å². The third-order valence-electron chi connectivity index (χ3n) is 3.74. The molecule has 0 saturated heterocycles. The van der Waals surface area contributed by atoms with Crippen LogP contribution in [0.5, 0.6) is 0 Å². The van der Waals surface area contributed by atoms with E-state index in [-0.39, 0.29) is 5.56 Å². The van der Waals surface area contributed by atoms with Gasteiger partial charge >= 0.3 is 0 Å². The fourth-order valence-corrected chi connectivity index (χ4v) is 3.49. The van der Waals surface area contributed by atoms with Crippen molar-refractivity contribution in [3.05, 3.63) is 63.3 Å². The molecule has 0 aliphatic carbocycles. The summed E-state index contributed by atoms with van der Waals surface area (Å²) in [6, 6.07) is 9.00. The van der Waals surface area contributed by atoms with Gasteiger partial charge in [-0.1, -0.05) is 6.07 Å². The Kier molecular flexibility index (Phi) is 4.11. The first-order chi connectivity index (χ1) is 11.3. The maximum absolute atomic E-state index is 12.2. The van der Waals surface area contributed by atoms with Crippen LogP contribution in [0.1, 0.15) is 30.2 Å². The lowest BCUT2D eigenvalue weighted by molar-refractivity contribution is 0.0688. The van der Waals surface area contributed by atoms with Crippen molar-refractivity contribution in [1.82, 2.24) is 14.5 Å². The number of pyridine rings is 1. The van der Waals surface area contributed by atoms with Crippen molar-refractivity contribution in [3.63, 3.8) is 0 Å². The fraction of sp³-hybridized carbons (Fsp3) is 0.278. The second-order valence-electron chi connectivity index (χ2n) is 6.22. The Bertz CT molecular complexity index is 951. The van der Waals surface area contributed by atoms with Gasteiger partial charge in [-0.05, 0) is 45.9 Å². The van der Waals surface area contributed by atoms with Gasteiger partial charge in [0.25, 0.3) is 5.56 Å². The molecule has 0 spiro atoms. The molecule has 124 valence electrons. The molecule has 0 radical (unpaired) electrons. The van der Waals surface area contributed by atoms with Crippen LogP contribution < -0.4 is 5.56 Å².